The lowest BCUT2D eigenvalue weighted by Gasteiger charge is -2.44. The Morgan fingerprint density at radius 1 is 1.06 bits per heavy atom. The number of ether oxygens (including phenoxy) is 2. The normalized spacial score (nSPS) is 17.2. The van der Waals surface area contributed by atoms with Gasteiger partial charge in [0.15, 0.2) is 8.32 Å². The number of carbonyl (C=O) groups excluding carboxylic acids is 2. The Morgan fingerprint density at radius 3 is 2.03 bits per heavy atom. The molecule has 0 aliphatic carbocycles. The summed E-state index contributed by atoms with van der Waals surface area (Å²) in [6.07, 6.45) is 0.00466. The Hall–Kier alpha value is -1.76. The zero-order valence-corrected chi connectivity index (χ0v) is 21.6. The average Bonchev–Trinajstić information content (AvgIpc) is 2.70. The largest absolute Gasteiger partial charge is 0.455 e. The van der Waals surface area contributed by atoms with Crippen molar-refractivity contribution in [1.82, 2.24) is 0 Å². The van der Waals surface area contributed by atoms with Gasteiger partial charge in [-0.05, 0) is 37.2 Å². The minimum Gasteiger partial charge on any atom is -0.455 e. The van der Waals surface area contributed by atoms with Crippen LogP contribution in [-0.4, -0.2) is 45.5 Å². The first-order valence-electron chi connectivity index (χ1n) is 10.9. The Bertz CT molecular complexity index is 738. The molecule has 0 saturated carbocycles. The Balaban J connectivity index is 3.34. The highest BCUT2D eigenvalue weighted by Gasteiger charge is 2.45. The molecule has 1 rings (SSSR count). The summed E-state index contributed by atoms with van der Waals surface area (Å²) in [5.74, 6) is -1.06. The molecular formula is C25H40O5Si. The number of hydrogen-bond donors (Lipinski definition) is 0. The van der Waals surface area contributed by atoms with E-state index in [9.17, 15) is 9.59 Å². The smallest absolute Gasteiger partial charge is 0.338 e. The molecule has 0 fully saturated rings. The minimum atomic E-state index is -2.20. The molecule has 174 valence electrons. The maximum atomic E-state index is 12.9. The van der Waals surface area contributed by atoms with Gasteiger partial charge in [0.2, 0.25) is 0 Å². The second-order valence-corrected chi connectivity index (χ2v) is 14.5. The van der Waals surface area contributed by atoms with E-state index < -0.39 is 32.6 Å². The predicted molar refractivity (Wildman–Crippen MR) is 128 cm³/mol. The van der Waals surface area contributed by atoms with Gasteiger partial charge < -0.3 is 13.9 Å². The maximum Gasteiger partial charge on any atom is 0.338 e. The van der Waals surface area contributed by atoms with E-state index in [0.29, 0.717) is 5.56 Å². The molecule has 0 bridgehead atoms. The van der Waals surface area contributed by atoms with Crippen LogP contribution in [-0.2, 0) is 18.7 Å². The second kappa shape index (κ2) is 11.2. The molecule has 1 aromatic rings. The number of carbonyl (C=O) groups is 2. The van der Waals surface area contributed by atoms with E-state index in [1.165, 1.54) is 0 Å². The highest BCUT2D eigenvalue weighted by molar-refractivity contribution is 6.74. The third-order valence-electron chi connectivity index (χ3n) is 6.49. The fraction of sp³-hybridized carbons (Fsp3) is 0.600. The molecule has 6 heteroatoms. The Labute approximate surface area is 189 Å². The molecule has 0 N–H and O–H groups in total. The molecule has 0 aromatic heterocycles. The summed E-state index contributed by atoms with van der Waals surface area (Å²) in [4.78, 5) is 25.2. The highest BCUT2D eigenvalue weighted by atomic mass is 28.4. The van der Waals surface area contributed by atoms with Crippen molar-refractivity contribution in [1.29, 1.82) is 0 Å². The molecule has 0 spiro atoms. The third kappa shape index (κ3) is 7.12. The zero-order valence-electron chi connectivity index (χ0n) is 20.6. The molecule has 0 amide bonds. The molecule has 0 aliphatic rings. The van der Waals surface area contributed by atoms with Gasteiger partial charge in [-0.1, -0.05) is 58.9 Å². The van der Waals surface area contributed by atoms with Crippen LogP contribution in [0.25, 0.3) is 0 Å². The van der Waals surface area contributed by atoms with Gasteiger partial charge in [-0.3, -0.25) is 4.79 Å². The van der Waals surface area contributed by atoms with Crippen LogP contribution < -0.4 is 0 Å². The molecule has 0 aliphatic heterocycles. The van der Waals surface area contributed by atoms with Gasteiger partial charge in [0.25, 0.3) is 0 Å². The van der Waals surface area contributed by atoms with E-state index in [1.54, 1.807) is 44.4 Å². The van der Waals surface area contributed by atoms with E-state index in [2.05, 4.69) is 40.4 Å². The summed E-state index contributed by atoms with van der Waals surface area (Å²) in [5, 5.41) is -0.0310. The van der Waals surface area contributed by atoms with Crippen LogP contribution in [0.4, 0.5) is 0 Å². The van der Waals surface area contributed by atoms with Crippen LogP contribution in [0.15, 0.2) is 43.0 Å². The molecule has 5 atom stereocenters. The van der Waals surface area contributed by atoms with Crippen molar-refractivity contribution >= 4 is 20.1 Å². The molecule has 1 aromatic carbocycles. The number of hydrogen-bond acceptors (Lipinski definition) is 5. The van der Waals surface area contributed by atoms with Crippen molar-refractivity contribution in [3.05, 3.63) is 48.6 Å². The second-order valence-electron chi connectivity index (χ2n) is 9.77. The molecule has 0 unspecified atom stereocenters. The summed E-state index contributed by atoms with van der Waals surface area (Å²) in [6.45, 7) is 20.1. The monoisotopic (exact) mass is 448 g/mol. The van der Waals surface area contributed by atoms with Crippen LogP contribution >= 0.6 is 0 Å². The van der Waals surface area contributed by atoms with E-state index >= 15 is 0 Å². The highest BCUT2D eigenvalue weighted by Crippen LogP contribution is 2.40. The standard InChI is InChI=1S/C25H40O5Si/c1-11-21(28-8)23(29-24(27)20-15-13-12-14-16-20)18(3)22(17(2)19(4)26)30-31(9,10)25(5,6)7/h11-18,21-23H,1H2,2-10H3/t17-,18+,21+,22+,23-/m1/s1. The SMILES string of the molecule is C=C[C@H](OC)[C@H](OC(=O)c1ccccc1)[C@@H](C)[C@@H](O[Si](C)(C)C(C)(C)C)[C@H](C)C(C)=O. The average molecular weight is 449 g/mol. The molecule has 0 heterocycles. The summed E-state index contributed by atoms with van der Waals surface area (Å²) in [5.41, 5.74) is 0.458. The summed E-state index contributed by atoms with van der Waals surface area (Å²) < 4.78 is 18.3. The van der Waals surface area contributed by atoms with Gasteiger partial charge >= 0.3 is 5.97 Å². The zero-order chi connectivity index (χ0) is 24.0. The molecular weight excluding hydrogens is 408 g/mol. The van der Waals surface area contributed by atoms with Crippen molar-refractivity contribution in [2.24, 2.45) is 11.8 Å². The fourth-order valence-corrected chi connectivity index (χ4v) is 4.66. The van der Waals surface area contributed by atoms with Gasteiger partial charge in [-0.2, -0.15) is 0 Å². The van der Waals surface area contributed by atoms with Crippen LogP contribution in [0.1, 0.15) is 51.9 Å². The Kier molecular flexibility index (Phi) is 9.86. The first-order chi connectivity index (χ1) is 14.3. The molecule has 31 heavy (non-hydrogen) atoms. The lowest BCUT2D eigenvalue weighted by molar-refractivity contribution is -0.126. The van der Waals surface area contributed by atoms with E-state index in [-0.39, 0.29) is 22.7 Å². The van der Waals surface area contributed by atoms with Crippen molar-refractivity contribution in [2.75, 3.05) is 7.11 Å². The first-order valence-corrected chi connectivity index (χ1v) is 13.8. The van der Waals surface area contributed by atoms with E-state index in [1.807, 2.05) is 19.9 Å². The summed E-state index contributed by atoms with van der Waals surface area (Å²) in [6, 6.07) is 8.84. The van der Waals surface area contributed by atoms with Crippen LogP contribution in [0, 0.1) is 11.8 Å². The van der Waals surface area contributed by atoms with Crippen molar-refractivity contribution in [3.63, 3.8) is 0 Å². The van der Waals surface area contributed by atoms with Crippen LogP contribution in [0.5, 0.6) is 0 Å². The van der Waals surface area contributed by atoms with Gasteiger partial charge in [0, 0.05) is 18.9 Å². The molecule has 5 nitrogen and oxygen atoms in total. The van der Waals surface area contributed by atoms with Crippen LogP contribution in [0.2, 0.25) is 18.1 Å². The van der Waals surface area contributed by atoms with E-state index in [0.717, 1.165) is 0 Å². The van der Waals surface area contributed by atoms with Crippen molar-refractivity contribution in [2.45, 2.75) is 78.0 Å². The number of methoxy groups -OCH3 is 1. The van der Waals surface area contributed by atoms with Crippen LogP contribution in [0.3, 0.4) is 0 Å². The lowest BCUT2D eigenvalue weighted by atomic mass is 9.85. The van der Waals surface area contributed by atoms with Gasteiger partial charge in [0.05, 0.1) is 11.7 Å². The lowest BCUT2D eigenvalue weighted by Crippen LogP contribution is -2.52. The van der Waals surface area contributed by atoms with Gasteiger partial charge in [-0.15, -0.1) is 6.58 Å². The topological polar surface area (TPSA) is 61.8 Å². The maximum absolute atomic E-state index is 12.9. The third-order valence-corrected chi connectivity index (χ3v) is 11.0. The van der Waals surface area contributed by atoms with Crippen molar-refractivity contribution < 1.29 is 23.5 Å². The Morgan fingerprint density at radius 2 is 1.61 bits per heavy atom. The number of Topliss-reactive ketones (excluding diaryl/α,β-unsaturated/α-hetero) is 1. The molecule has 0 saturated heterocycles. The number of benzene rings is 1. The quantitative estimate of drug-likeness (QED) is 0.248. The number of rotatable bonds is 11. The molecule has 0 radical (unpaired) electrons. The van der Waals surface area contributed by atoms with Crippen molar-refractivity contribution in [3.8, 4) is 0 Å². The first kappa shape index (κ1) is 27.3. The summed E-state index contributed by atoms with van der Waals surface area (Å²) in [7, 11) is -0.648. The van der Waals surface area contributed by atoms with E-state index in [4.69, 9.17) is 13.9 Å². The number of ketones is 1. The fourth-order valence-electron chi connectivity index (χ4n) is 3.20. The van der Waals surface area contributed by atoms with Gasteiger partial charge in [-0.25, -0.2) is 4.79 Å². The number of esters is 1. The van der Waals surface area contributed by atoms with Gasteiger partial charge in [0.1, 0.15) is 18.0 Å². The predicted octanol–water partition coefficient (Wildman–Crippen LogP) is 5.66. The summed E-state index contributed by atoms with van der Waals surface area (Å²) >= 11 is 0. The minimum absolute atomic E-state index is 0.0310.